The van der Waals surface area contributed by atoms with Gasteiger partial charge in [-0.05, 0) is 0 Å². The van der Waals surface area contributed by atoms with Crippen LogP contribution in [0.25, 0.3) is 0 Å². The average Bonchev–Trinajstić information content (AvgIpc) is 2.34. The Hall–Kier alpha value is -1.84. The lowest BCUT2D eigenvalue weighted by molar-refractivity contribution is -0.170. The van der Waals surface area contributed by atoms with Crippen molar-refractivity contribution in [3.63, 3.8) is 0 Å². The van der Waals surface area contributed by atoms with Gasteiger partial charge in [-0.1, -0.05) is 10.6 Å². The maximum Gasteiger partial charge on any atom is 0.401 e. The normalized spacial score (nSPS) is 19.6. The Morgan fingerprint density at radius 1 is 1.27 bits per heavy atom. The summed E-state index contributed by atoms with van der Waals surface area (Å²) >= 11 is 0. The molecule has 3 rings (SSSR count). The molecule has 2 fully saturated rings. The zero-order chi connectivity index (χ0) is 15.7. The molecule has 10 heteroatoms. The van der Waals surface area contributed by atoms with Crippen molar-refractivity contribution in [3.05, 3.63) is 12.4 Å². The second-order valence-corrected chi connectivity index (χ2v) is 5.37. The Bertz CT molecular complexity index is 551. The van der Waals surface area contributed by atoms with Gasteiger partial charge in [-0.15, -0.1) is 0 Å². The van der Waals surface area contributed by atoms with Crippen LogP contribution in [-0.2, 0) is 4.84 Å². The summed E-state index contributed by atoms with van der Waals surface area (Å²) in [7, 11) is 5.50. The van der Waals surface area contributed by atoms with Crippen LogP contribution in [0.4, 0.5) is 19.1 Å². The van der Waals surface area contributed by atoms with E-state index in [1.165, 1.54) is 17.3 Å². The number of aromatic nitrogens is 2. The summed E-state index contributed by atoms with van der Waals surface area (Å²) in [4.78, 5) is 16.6. The Kier molecular flexibility index (Phi) is 3.94. The van der Waals surface area contributed by atoms with Gasteiger partial charge in [0.15, 0.2) is 6.10 Å². The van der Waals surface area contributed by atoms with Crippen molar-refractivity contribution in [1.29, 1.82) is 0 Å². The molecule has 0 unspecified atom stereocenters. The van der Waals surface area contributed by atoms with E-state index in [9.17, 15) is 13.2 Å². The molecule has 6 nitrogen and oxygen atoms in total. The van der Waals surface area contributed by atoms with Gasteiger partial charge < -0.3 is 9.74 Å². The first-order chi connectivity index (χ1) is 10.4. The Labute approximate surface area is 126 Å². The molecule has 0 N–H and O–H groups in total. The predicted octanol–water partition coefficient (Wildman–Crippen LogP) is -0.291. The number of nitrogens with zero attached hydrogens (tertiary/aromatic N) is 5. The molecule has 0 saturated carbocycles. The lowest BCUT2D eigenvalue weighted by Crippen LogP contribution is -2.55. The summed E-state index contributed by atoms with van der Waals surface area (Å²) in [5.41, 5.74) is 1.31. The first-order valence-electron chi connectivity index (χ1n) is 6.72. The number of anilines is 1. The SMILES string of the molecule is [B]c1cnc(N2CC(=NOC3CN(CC(F)(F)F)C3)C2)nc1. The van der Waals surface area contributed by atoms with E-state index in [4.69, 9.17) is 12.7 Å². The number of hydrogen-bond donors (Lipinski definition) is 0. The first-order valence-corrected chi connectivity index (χ1v) is 6.72. The molecular weight excluding hydrogens is 298 g/mol. The fraction of sp³-hybridized carbons (Fsp3) is 0.583. The molecule has 2 radical (unpaired) electrons. The van der Waals surface area contributed by atoms with Crippen LogP contribution in [-0.4, -0.2) is 73.4 Å². The number of likely N-dealkylation sites (tertiary alicyclic amines) is 1. The van der Waals surface area contributed by atoms with Crippen molar-refractivity contribution in [2.75, 3.05) is 37.6 Å². The molecule has 0 amide bonds. The zero-order valence-electron chi connectivity index (χ0n) is 11.6. The zero-order valence-corrected chi connectivity index (χ0v) is 11.6. The number of oxime groups is 1. The maximum atomic E-state index is 12.1. The quantitative estimate of drug-likeness (QED) is 0.565. The van der Waals surface area contributed by atoms with Gasteiger partial charge >= 0.3 is 6.18 Å². The third kappa shape index (κ3) is 3.67. The summed E-state index contributed by atoms with van der Waals surface area (Å²) in [5, 5.41) is 3.96. The van der Waals surface area contributed by atoms with Crippen LogP contribution in [0.2, 0.25) is 0 Å². The molecule has 0 bridgehead atoms. The van der Waals surface area contributed by atoms with Crippen molar-refractivity contribution in [2.24, 2.45) is 5.16 Å². The lowest BCUT2D eigenvalue weighted by atomic mass is 10.0. The average molecular weight is 311 g/mol. The molecule has 0 spiro atoms. The van der Waals surface area contributed by atoms with Crippen molar-refractivity contribution >= 4 is 25.0 Å². The molecule has 1 aromatic heterocycles. The first kappa shape index (κ1) is 15.1. The molecule has 22 heavy (non-hydrogen) atoms. The van der Waals surface area contributed by atoms with E-state index >= 15 is 0 Å². The van der Waals surface area contributed by atoms with Crippen LogP contribution >= 0.6 is 0 Å². The van der Waals surface area contributed by atoms with Crippen LogP contribution in [0.15, 0.2) is 17.5 Å². The summed E-state index contributed by atoms with van der Waals surface area (Å²) in [5.74, 6) is 0.563. The van der Waals surface area contributed by atoms with E-state index in [0.29, 0.717) is 24.5 Å². The minimum atomic E-state index is -4.16. The van der Waals surface area contributed by atoms with Gasteiger partial charge in [0.2, 0.25) is 5.95 Å². The third-order valence-electron chi connectivity index (χ3n) is 3.35. The highest BCUT2D eigenvalue weighted by molar-refractivity contribution is 6.31. The topological polar surface area (TPSA) is 53.9 Å². The largest absolute Gasteiger partial charge is 0.401 e. The Morgan fingerprint density at radius 2 is 1.91 bits per heavy atom. The standard InChI is InChI=1S/C12H13BF3N5O/c13-8-1-17-11(18-2-8)21-3-9(4-21)19-22-10-5-20(6-10)7-12(14,15)16/h1-2,10H,3-7H2. The fourth-order valence-electron chi connectivity index (χ4n) is 2.21. The van der Waals surface area contributed by atoms with Gasteiger partial charge in [0.25, 0.3) is 0 Å². The van der Waals surface area contributed by atoms with Crippen molar-refractivity contribution in [3.8, 4) is 0 Å². The van der Waals surface area contributed by atoms with Crippen molar-refractivity contribution < 1.29 is 18.0 Å². The third-order valence-corrected chi connectivity index (χ3v) is 3.35. The van der Waals surface area contributed by atoms with E-state index in [2.05, 4.69) is 15.1 Å². The van der Waals surface area contributed by atoms with Crippen LogP contribution in [0.3, 0.4) is 0 Å². The van der Waals surface area contributed by atoms with Gasteiger partial charge in [0.1, 0.15) is 7.85 Å². The molecule has 1 aromatic rings. The second kappa shape index (κ2) is 5.75. The summed E-state index contributed by atoms with van der Waals surface area (Å²) < 4.78 is 36.4. The van der Waals surface area contributed by atoms with Gasteiger partial charge in [-0.3, -0.25) is 4.90 Å². The Morgan fingerprint density at radius 3 is 2.50 bits per heavy atom. The van der Waals surface area contributed by atoms with E-state index in [1.54, 1.807) is 0 Å². The Balaban J connectivity index is 1.37. The number of hydrogen-bond acceptors (Lipinski definition) is 6. The highest BCUT2D eigenvalue weighted by atomic mass is 19.4. The summed E-state index contributed by atoms with van der Waals surface area (Å²) in [6, 6.07) is 0. The fourth-order valence-corrected chi connectivity index (χ4v) is 2.21. The van der Waals surface area contributed by atoms with Crippen molar-refractivity contribution in [1.82, 2.24) is 14.9 Å². The molecular formula is C12H13BF3N5O. The van der Waals surface area contributed by atoms with E-state index in [0.717, 1.165) is 5.71 Å². The van der Waals surface area contributed by atoms with E-state index in [1.807, 2.05) is 4.90 Å². The van der Waals surface area contributed by atoms with Crippen LogP contribution in [0.5, 0.6) is 0 Å². The number of alkyl halides is 3. The highest BCUT2D eigenvalue weighted by Gasteiger charge is 2.38. The molecule has 2 aliphatic heterocycles. The lowest BCUT2D eigenvalue weighted by Gasteiger charge is -2.38. The van der Waals surface area contributed by atoms with Gasteiger partial charge in [0.05, 0.1) is 25.3 Å². The molecule has 0 aliphatic carbocycles. The minimum absolute atomic E-state index is 0.251. The molecule has 0 atom stereocenters. The monoisotopic (exact) mass is 311 g/mol. The smallest absolute Gasteiger partial charge is 0.390 e. The molecule has 2 aliphatic rings. The van der Waals surface area contributed by atoms with E-state index in [-0.39, 0.29) is 19.2 Å². The molecule has 116 valence electrons. The highest BCUT2D eigenvalue weighted by Crippen LogP contribution is 2.22. The van der Waals surface area contributed by atoms with Crippen molar-refractivity contribution in [2.45, 2.75) is 12.3 Å². The predicted molar refractivity (Wildman–Crippen MR) is 74.4 cm³/mol. The molecule has 2 saturated heterocycles. The summed E-state index contributed by atoms with van der Waals surface area (Å²) in [6.07, 6.45) is -1.38. The van der Waals surface area contributed by atoms with Gasteiger partial charge in [0, 0.05) is 25.5 Å². The number of halogens is 3. The van der Waals surface area contributed by atoms with Gasteiger partial charge in [-0.2, -0.15) is 13.2 Å². The van der Waals surface area contributed by atoms with E-state index < -0.39 is 12.7 Å². The van der Waals surface area contributed by atoms with Crippen LogP contribution in [0.1, 0.15) is 0 Å². The minimum Gasteiger partial charge on any atom is -0.390 e. The number of rotatable bonds is 4. The second-order valence-electron chi connectivity index (χ2n) is 5.37. The maximum absolute atomic E-state index is 12.1. The molecule has 3 heterocycles. The van der Waals surface area contributed by atoms with Crippen LogP contribution < -0.4 is 10.4 Å². The molecule has 0 aromatic carbocycles. The van der Waals surface area contributed by atoms with Gasteiger partial charge in [-0.25, -0.2) is 9.97 Å². The van der Waals surface area contributed by atoms with Crippen LogP contribution in [0, 0.1) is 0 Å². The summed E-state index contributed by atoms with van der Waals surface area (Å²) in [6.45, 7) is 0.694.